The van der Waals surface area contributed by atoms with Crippen LogP contribution in [0.4, 0.5) is 11.4 Å². The zero-order chi connectivity index (χ0) is 18.6. The fourth-order valence-electron chi connectivity index (χ4n) is 3.17. The molecular formula is C21H20N2O4. The number of hydrogen-bond acceptors (Lipinski definition) is 4. The van der Waals surface area contributed by atoms with Crippen molar-refractivity contribution in [3.05, 3.63) is 54.1 Å². The number of ether oxygens (including phenoxy) is 2. The summed E-state index contributed by atoms with van der Waals surface area (Å²) in [5.41, 5.74) is 2.40. The van der Waals surface area contributed by atoms with E-state index in [1.165, 1.54) is 6.08 Å². The average molecular weight is 364 g/mol. The van der Waals surface area contributed by atoms with Crippen molar-refractivity contribution in [2.45, 2.75) is 12.8 Å². The van der Waals surface area contributed by atoms with Crippen molar-refractivity contribution in [3.8, 4) is 11.5 Å². The number of fused-ring (bicyclic) bond motifs is 1. The van der Waals surface area contributed by atoms with Gasteiger partial charge in [-0.3, -0.25) is 9.59 Å². The summed E-state index contributed by atoms with van der Waals surface area (Å²) in [6.07, 6.45) is 4.69. The molecule has 0 aromatic heterocycles. The van der Waals surface area contributed by atoms with E-state index in [1.54, 1.807) is 23.1 Å². The molecule has 138 valence electrons. The molecule has 1 N–H and O–H groups in total. The minimum Gasteiger partial charge on any atom is -0.486 e. The molecule has 2 aliphatic rings. The van der Waals surface area contributed by atoms with Crippen molar-refractivity contribution in [2.75, 3.05) is 30.0 Å². The van der Waals surface area contributed by atoms with E-state index in [0.29, 0.717) is 31.1 Å². The minimum absolute atomic E-state index is 0.147. The summed E-state index contributed by atoms with van der Waals surface area (Å²) in [7, 11) is 0. The van der Waals surface area contributed by atoms with Crippen LogP contribution in [-0.2, 0) is 9.59 Å². The van der Waals surface area contributed by atoms with Gasteiger partial charge in [0.15, 0.2) is 11.5 Å². The van der Waals surface area contributed by atoms with Gasteiger partial charge in [0, 0.05) is 30.4 Å². The van der Waals surface area contributed by atoms with Gasteiger partial charge in [0.05, 0.1) is 0 Å². The van der Waals surface area contributed by atoms with Crippen molar-refractivity contribution >= 4 is 29.3 Å². The number of nitrogens with zero attached hydrogens (tertiary/aromatic N) is 1. The van der Waals surface area contributed by atoms with Gasteiger partial charge in [-0.25, -0.2) is 0 Å². The minimum atomic E-state index is -0.227. The van der Waals surface area contributed by atoms with Crippen molar-refractivity contribution in [1.82, 2.24) is 0 Å². The van der Waals surface area contributed by atoms with Crippen LogP contribution >= 0.6 is 0 Å². The molecule has 0 atom stereocenters. The van der Waals surface area contributed by atoms with Crippen molar-refractivity contribution < 1.29 is 19.1 Å². The Balaban J connectivity index is 1.37. The maximum atomic E-state index is 12.1. The number of anilines is 2. The molecule has 0 radical (unpaired) electrons. The highest BCUT2D eigenvalue weighted by atomic mass is 16.6. The summed E-state index contributed by atoms with van der Waals surface area (Å²) in [5, 5.41) is 2.82. The third kappa shape index (κ3) is 3.95. The normalized spacial score (nSPS) is 16.0. The molecule has 6 nitrogen and oxygen atoms in total. The lowest BCUT2D eigenvalue weighted by molar-refractivity contribution is -0.117. The molecule has 0 aliphatic carbocycles. The summed E-state index contributed by atoms with van der Waals surface area (Å²) in [6.45, 7) is 1.83. The standard InChI is InChI=1S/C21H20N2O4/c24-20(10-4-15-3-9-18-19(14-15)27-13-12-26-18)22-16-5-7-17(8-6-16)23-11-1-2-21(23)25/h3-10,14H,1-2,11-13H2,(H,22,24)/b10-4+. The van der Waals surface area contributed by atoms with Crippen LogP contribution in [0, 0.1) is 0 Å². The molecule has 2 aromatic rings. The van der Waals surface area contributed by atoms with E-state index in [1.807, 2.05) is 30.3 Å². The summed E-state index contributed by atoms with van der Waals surface area (Å²) in [6, 6.07) is 12.9. The number of carbonyl (C=O) groups is 2. The Hall–Kier alpha value is -3.28. The van der Waals surface area contributed by atoms with Crippen LogP contribution in [0.2, 0.25) is 0 Å². The molecule has 1 saturated heterocycles. The molecule has 0 spiro atoms. The monoisotopic (exact) mass is 364 g/mol. The Kier molecular flexibility index (Phi) is 4.78. The van der Waals surface area contributed by atoms with E-state index in [-0.39, 0.29) is 11.8 Å². The van der Waals surface area contributed by atoms with Crippen LogP contribution in [0.3, 0.4) is 0 Å². The highest BCUT2D eigenvalue weighted by Gasteiger charge is 2.21. The van der Waals surface area contributed by atoms with E-state index in [2.05, 4.69) is 5.32 Å². The Morgan fingerprint density at radius 2 is 1.81 bits per heavy atom. The smallest absolute Gasteiger partial charge is 0.248 e. The van der Waals surface area contributed by atoms with Crippen LogP contribution in [-0.4, -0.2) is 31.6 Å². The number of amides is 2. The second-order valence-electron chi connectivity index (χ2n) is 6.42. The summed E-state index contributed by atoms with van der Waals surface area (Å²) in [5.74, 6) is 1.33. The maximum Gasteiger partial charge on any atom is 0.248 e. The van der Waals surface area contributed by atoms with Gasteiger partial charge in [-0.15, -0.1) is 0 Å². The molecule has 2 aliphatic heterocycles. The molecule has 2 heterocycles. The number of rotatable bonds is 4. The molecular weight excluding hydrogens is 344 g/mol. The predicted molar refractivity (Wildman–Crippen MR) is 103 cm³/mol. The number of nitrogens with one attached hydrogen (secondary N) is 1. The van der Waals surface area contributed by atoms with Crippen LogP contribution in [0.1, 0.15) is 18.4 Å². The van der Waals surface area contributed by atoms with Crippen LogP contribution in [0.15, 0.2) is 48.5 Å². The van der Waals surface area contributed by atoms with Gasteiger partial charge in [-0.1, -0.05) is 6.07 Å². The van der Waals surface area contributed by atoms with Crippen LogP contribution < -0.4 is 19.7 Å². The fourth-order valence-corrected chi connectivity index (χ4v) is 3.17. The van der Waals surface area contributed by atoms with Gasteiger partial charge in [0.2, 0.25) is 11.8 Å². The van der Waals surface area contributed by atoms with Crippen LogP contribution in [0.25, 0.3) is 6.08 Å². The zero-order valence-corrected chi connectivity index (χ0v) is 14.8. The molecule has 2 amide bonds. The number of benzene rings is 2. The first-order valence-electron chi connectivity index (χ1n) is 8.98. The fraction of sp³-hybridized carbons (Fsp3) is 0.238. The third-order valence-corrected chi connectivity index (χ3v) is 4.51. The molecule has 1 fully saturated rings. The largest absolute Gasteiger partial charge is 0.486 e. The third-order valence-electron chi connectivity index (χ3n) is 4.51. The summed E-state index contributed by atoms with van der Waals surface area (Å²) in [4.78, 5) is 25.7. The lowest BCUT2D eigenvalue weighted by Gasteiger charge is -2.18. The lowest BCUT2D eigenvalue weighted by Crippen LogP contribution is -2.23. The Labute approximate surface area is 157 Å². The highest BCUT2D eigenvalue weighted by Crippen LogP contribution is 2.31. The van der Waals surface area contributed by atoms with Gasteiger partial charge >= 0.3 is 0 Å². The predicted octanol–water partition coefficient (Wildman–Crippen LogP) is 3.24. The maximum absolute atomic E-state index is 12.1. The van der Waals surface area contributed by atoms with Crippen molar-refractivity contribution in [1.29, 1.82) is 0 Å². The summed E-state index contributed by atoms with van der Waals surface area (Å²) < 4.78 is 11.0. The first-order valence-corrected chi connectivity index (χ1v) is 8.98. The zero-order valence-electron chi connectivity index (χ0n) is 14.8. The Bertz CT molecular complexity index is 890. The van der Waals surface area contributed by atoms with Gasteiger partial charge < -0.3 is 19.7 Å². The second-order valence-corrected chi connectivity index (χ2v) is 6.42. The topological polar surface area (TPSA) is 67.9 Å². The van der Waals surface area contributed by atoms with E-state index in [0.717, 1.165) is 30.0 Å². The van der Waals surface area contributed by atoms with E-state index in [9.17, 15) is 9.59 Å². The van der Waals surface area contributed by atoms with Gasteiger partial charge in [0.1, 0.15) is 13.2 Å². The van der Waals surface area contributed by atoms with Gasteiger partial charge in [0.25, 0.3) is 0 Å². The second kappa shape index (κ2) is 7.53. The highest BCUT2D eigenvalue weighted by molar-refractivity contribution is 6.02. The number of hydrogen-bond donors (Lipinski definition) is 1. The van der Waals surface area contributed by atoms with Gasteiger partial charge in [-0.2, -0.15) is 0 Å². The van der Waals surface area contributed by atoms with E-state index in [4.69, 9.17) is 9.47 Å². The molecule has 0 saturated carbocycles. The lowest BCUT2D eigenvalue weighted by atomic mass is 10.2. The van der Waals surface area contributed by atoms with E-state index >= 15 is 0 Å². The Morgan fingerprint density at radius 1 is 1.04 bits per heavy atom. The molecule has 27 heavy (non-hydrogen) atoms. The molecule has 0 bridgehead atoms. The molecule has 0 unspecified atom stereocenters. The van der Waals surface area contributed by atoms with Gasteiger partial charge in [-0.05, 0) is 54.5 Å². The summed E-state index contributed by atoms with van der Waals surface area (Å²) >= 11 is 0. The molecule has 6 heteroatoms. The Morgan fingerprint density at radius 3 is 2.56 bits per heavy atom. The first kappa shape index (κ1) is 17.1. The van der Waals surface area contributed by atoms with Crippen molar-refractivity contribution in [3.63, 3.8) is 0 Å². The SMILES string of the molecule is O=C(/C=C/c1ccc2c(c1)OCCO2)Nc1ccc(N2CCCC2=O)cc1. The molecule has 4 rings (SSSR count). The first-order chi connectivity index (χ1) is 13.2. The van der Waals surface area contributed by atoms with Crippen LogP contribution in [0.5, 0.6) is 11.5 Å². The average Bonchev–Trinajstić information content (AvgIpc) is 3.13. The number of carbonyl (C=O) groups excluding carboxylic acids is 2. The molecule has 2 aromatic carbocycles. The quantitative estimate of drug-likeness (QED) is 0.846. The van der Waals surface area contributed by atoms with E-state index < -0.39 is 0 Å². The van der Waals surface area contributed by atoms with Crippen molar-refractivity contribution in [2.24, 2.45) is 0 Å².